The van der Waals surface area contributed by atoms with Gasteiger partial charge in [-0.05, 0) is 25.7 Å². The number of hydrogen-bond donors (Lipinski definition) is 1. The van der Waals surface area contributed by atoms with Crippen LogP contribution in [-0.2, 0) is 31.3 Å². The number of pyridine rings is 1. The molecular formula is C41H54GeIrNO3-. The van der Waals surface area contributed by atoms with Gasteiger partial charge >= 0.3 is 188 Å². The zero-order valence-corrected chi connectivity index (χ0v) is 34.8. The second-order valence-electron chi connectivity index (χ2n) is 15.1. The molecule has 4 aromatic rings. The summed E-state index contributed by atoms with van der Waals surface area (Å²) in [4.78, 5) is 16.7. The molecule has 1 aliphatic rings. The maximum Gasteiger partial charge on any atom is 0 e. The Morgan fingerprint density at radius 2 is 1.60 bits per heavy atom. The van der Waals surface area contributed by atoms with Crippen LogP contribution >= 0.6 is 0 Å². The van der Waals surface area contributed by atoms with E-state index in [1.54, 1.807) is 0 Å². The van der Waals surface area contributed by atoms with E-state index in [-0.39, 0.29) is 48.9 Å². The third kappa shape index (κ3) is 8.77. The molecule has 0 unspecified atom stereocenters. The monoisotopic (exact) mass is 875 g/mol. The van der Waals surface area contributed by atoms with Crippen molar-refractivity contribution in [2.75, 3.05) is 0 Å². The second-order valence-corrected chi connectivity index (χ2v) is 25.7. The molecular weight excluding hydrogens is 819 g/mol. The van der Waals surface area contributed by atoms with E-state index < -0.39 is 13.3 Å². The molecule has 255 valence electrons. The number of aromatic nitrogens is 1. The van der Waals surface area contributed by atoms with Gasteiger partial charge in [0.15, 0.2) is 5.78 Å². The van der Waals surface area contributed by atoms with Crippen molar-refractivity contribution in [2.24, 2.45) is 17.3 Å². The van der Waals surface area contributed by atoms with E-state index in [0.717, 1.165) is 71.2 Å². The van der Waals surface area contributed by atoms with Crippen LogP contribution in [0, 0.1) is 30.2 Å². The van der Waals surface area contributed by atoms with E-state index in [2.05, 4.69) is 93.6 Å². The zero-order valence-electron chi connectivity index (χ0n) is 30.4. The van der Waals surface area contributed by atoms with Gasteiger partial charge in [0.25, 0.3) is 0 Å². The molecule has 0 saturated carbocycles. The van der Waals surface area contributed by atoms with Crippen molar-refractivity contribution in [3.05, 3.63) is 71.6 Å². The number of carbonyl (C=O) groups is 1. The van der Waals surface area contributed by atoms with E-state index >= 15 is 0 Å². The number of nitrogens with zero attached hydrogens (tertiary/aromatic N) is 1. The molecule has 1 aliphatic heterocycles. The molecule has 1 aromatic heterocycles. The van der Waals surface area contributed by atoms with Gasteiger partial charge < -0.3 is 5.11 Å². The summed E-state index contributed by atoms with van der Waals surface area (Å²) in [6, 6.07) is 16.7. The van der Waals surface area contributed by atoms with Gasteiger partial charge in [0.05, 0.1) is 5.76 Å². The van der Waals surface area contributed by atoms with Gasteiger partial charge in [0.1, 0.15) is 0 Å². The number of carbonyl (C=O) groups excluding carboxylic acids is 1. The average molecular weight is 874 g/mol. The van der Waals surface area contributed by atoms with Crippen molar-refractivity contribution < 1.29 is 34.7 Å². The largest absolute Gasteiger partial charge is 0 e. The van der Waals surface area contributed by atoms with Gasteiger partial charge in [0, 0.05) is 38.0 Å². The quantitative estimate of drug-likeness (QED) is 0.0694. The van der Waals surface area contributed by atoms with Gasteiger partial charge in [-0.3, -0.25) is 4.79 Å². The van der Waals surface area contributed by atoms with Crippen LogP contribution in [0.15, 0.2) is 54.4 Å². The molecule has 0 saturated heterocycles. The molecule has 2 heterocycles. The van der Waals surface area contributed by atoms with Crippen LogP contribution in [0.2, 0.25) is 17.3 Å². The topological polar surface area (TPSA) is 59.4 Å². The number of hydrogen-bond acceptors (Lipinski definition) is 4. The van der Waals surface area contributed by atoms with E-state index in [0.29, 0.717) is 0 Å². The smallest absolute Gasteiger partial charge is 0 e. The second kappa shape index (κ2) is 15.8. The van der Waals surface area contributed by atoms with Crippen molar-refractivity contribution >= 4 is 45.0 Å². The number of rotatable bonds is 9. The third-order valence-electron chi connectivity index (χ3n) is 9.24. The number of benzene rings is 3. The number of aryl methyl sites for hydroxylation is 1. The molecule has 47 heavy (non-hydrogen) atoms. The summed E-state index contributed by atoms with van der Waals surface area (Å²) in [6.07, 6.45) is 8.07. The Hall–Kier alpha value is -2.47. The molecule has 0 spiro atoms. The summed E-state index contributed by atoms with van der Waals surface area (Å²) in [6.45, 7) is 17.1. The Bertz CT molecular complexity index is 1760. The van der Waals surface area contributed by atoms with Gasteiger partial charge in [-0.25, -0.2) is 0 Å². The van der Waals surface area contributed by atoms with Crippen LogP contribution in [0.4, 0.5) is 0 Å². The Kier molecular flexibility index (Phi) is 13.1. The normalized spacial score (nSPS) is 12.8. The molecule has 1 radical (unpaired) electrons. The summed E-state index contributed by atoms with van der Waals surface area (Å²) >= 11 is -2.14. The van der Waals surface area contributed by atoms with Crippen LogP contribution in [0.5, 0.6) is 11.5 Å². The van der Waals surface area contributed by atoms with Crippen molar-refractivity contribution in [3.63, 3.8) is 0 Å². The molecule has 4 nitrogen and oxygen atoms in total. The van der Waals surface area contributed by atoms with Crippen LogP contribution in [-0.4, -0.2) is 29.1 Å². The van der Waals surface area contributed by atoms with E-state index in [4.69, 9.17) is 9.72 Å². The summed E-state index contributed by atoms with van der Waals surface area (Å²) < 4.78 is 8.11. The maximum absolute atomic E-state index is 11.7. The first-order valence-corrected chi connectivity index (χ1v) is 24.5. The van der Waals surface area contributed by atoms with E-state index in [1.165, 1.54) is 26.8 Å². The SMILES string of the molecule is CCC(CC)C(=O)/C=C(\O)C(CC)CC.Cc1c2c([c-]c3ccccc13)-c1nc[c]([Ge]([CH3])([CH3])[CH3])c3cc(CC(C)(C)C)cc(c13)O2.[Ir]. The van der Waals surface area contributed by atoms with Crippen molar-refractivity contribution in [1.29, 1.82) is 0 Å². The molecule has 0 atom stereocenters. The molecule has 6 heteroatoms. The zero-order chi connectivity index (χ0) is 34.0. The minimum atomic E-state index is -2.14. The number of fused-ring (bicyclic) bond motifs is 3. The molecule has 0 amide bonds. The Morgan fingerprint density at radius 3 is 2.17 bits per heavy atom. The molecule has 3 aromatic carbocycles. The fourth-order valence-electron chi connectivity index (χ4n) is 6.58. The first kappa shape index (κ1) is 39.0. The number of ketones is 1. The predicted octanol–water partition coefficient (Wildman–Crippen LogP) is 11.3. The summed E-state index contributed by atoms with van der Waals surface area (Å²) in [5.41, 5.74) is 4.71. The van der Waals surface area contributed by atoms with Gasteiger partial charge in [-0.15, -0.1) is 0 Å². The van der Waals surface area contributed by atoms with Crippen LogP contribution in [0.1, 0.15) is 85.3 Å². The van der Waals surface area contributed by atoms with Crippen LogP contribution in [0.25, 0.3) is 32.8 Å². The first-order chi connectivity index (χ1) is 21.6. The first-order valence-electron chi connectivity index (χ1n) is 17.2. The predicted molar refractivity (Wildman–Crippen MR) is 198 cm³/mol. The fourth-order valence-corrected chi connectivity index (χ4v) is 9.64. The molecule has 0 fully saturated rings. The number of ether oxygens (including phenoxy) is 1. The Balaban J connectivity index is 0.000000322. The molecule has 0 bridgehead atoms. The van der Waals surface area contributed by atoms with Gasteiger partial charge in [-0.1, -0.05) is 27.7 Å². The Labute approximate surface area is 299 Å². The van der Waals surface area contributed by atoms with Gasteiger partial charge in [-0.2, -0.15) is 0 Å². The summed E-state index contributed by atoms with van der Waals surface area (Å²) in [5, 5.41) is 14.6. The molecule has 0 aliphatic carbocycles. The number of aliphatic hydroxyl groups excluding tert-OH is 1. The molecule has 5 rings (SSSR count). The molecule has 1 N–H and O–H groups in total. The van der Waals surface area contributed by atoms with Crippen molar-refractivity contribution in [2.45, 2.75) is 105 Å². The van der Waals surface area contributed by atoms with Crippen molar-refractivity contribution in [3.8, 4) is 22.8 Å². The summed E-state index contributed by atoms with van der Waals surface area (Å²) in [5.74, 6) is 9.72. The number of aliphatic hydroxyl groups is 1. The van der Waals surface area contributed by atoms with Crippen LogP contribution in [0.3, 0.4) is 0 Å². The third-order valence-corrected chi connectivity index (χ3v) is 13.5. The standard InChI is InChI=1S/C28H30GeNO.C13H24O2.Ir/c1-17-20-11-9-8-10-19(20)14-22-26-25-21(23(16-30-26)29(5,6)7)12-18(15-28(2,3)4)13-24(25)31-27(17)22;1-5-10(6-2)12(14)9-13(15)11(7-3)8-4;/h8-13,16H,15H2,1-7H3;9-11,14H,5-8H2,1-4H3;/q-1;;/b;12-9-;. The average Bonchev–Trinajstić information content (AvgIpc) is 2.98. The minimum Gasteiger partial charge on any atom is 0 e. The van der Waals surface area contributed by atoms with Gasteiger partial charge in [0.2, 0.25) is 0 Å². The van der Waals surface area contributed by atoms with Crippen molar-refractivity contribution in [1.82, 2.24) is 4.98 Å². The number of allylic oxidation sites excluding steroid dienone is 2. The van der Waals surface area contributed by atoms with Crippen LogP contribution < -0.4 is 9.13 Å². The maximum atomic E-state index is 11.7. The van der Waals surface area contributed by atoms with E-state index in [1.807, 2.05) is 27.7 Å². The van der Waals surface area contributed by atoms with E-state index in [9.17, 15) is 9.90 Å². The Morgan fingerprint density at radius 1 is 0.979 bits per heavy atom. The minimum absolute atomic E-state index is 0. The summed E-state index contributed by atoms with van der Waals surface area (Å²) in [7, 11) is 0. The fraction of sp³-hybridized carbons (Fsp3) is 0.463.